The minimum absolute atomic E-state index is 0. The van der Waals surface area contributed by atoms with Gasteiger partial charge in [0.25, 0.3) is 0 Å². The van der Waals surface area contributed by atoms with Crippen LogP contribution in [0.1, 0.15) is 45.4 Å². The number of halogens is 1. The van der Waals surface area contributed by atoms with Gasteiger partial charge in [-0.15, -0.1) is 12.4 Å². The molecule has 0 aromatic rings. The average molecular weight is 194 g/mol. The Balaban J connectivity index is 0.00000121. The van der Waals surface area contributed by atoms with Gasteiger partial charge in [-0.1, -0.05) is 32.1 Å². The third-order valence-electron chi connectivity index (χ3n) is 2.43. The van der Waals surface area contributed by atoms with Gasteiger partial charge in [0.1, 0.15) is 5.72 Å². The van der Waals surface area contributed by atoms with Crippen molar-refractivity contribution in [2.75, 3.05) is 0 Å². The van der Waals surface area contributed by atoms with Gasteiger partial charge in [-0.25, -0.2) is 0 Å². The predicted molar refractivity (Wildman–Crippen MR) is 53.3 cm³/mol. The lowest BCUT2D eigenvalue weighted by Gasteiger charge is -2.27. The fraction of sp³-hybridized carbons (Fsp3) is 1.00. The molecule has 0 unspecified atom stereocenters. The molecule has 3 N–H and O–H groups in total. The fourth-order valence-corrected chi connectivity index (χ4v) is 1.98. The monoisotopic (exact) mass is 193 g/mol. The molecule has 0 radical (unpaired) electrons. The van der Waals surface area contributed by atoms with Crippen LogP contribution in [0.4, 0.5) is 0 Å². The van der Waals surface area contributed by atoms with E-state index in [1.54, 1.807) is 6.92 Å². The zero-order chi connectivity index (χ0) is 8.32. The summed E-state index contributed by atoms with van der Waals surface area (Å²) in [6.45, 7) is 1.70. The quantitative estimate of drug-likeness (QED) is 0.660. The third kappa shape index (κ3) is 4.96. The van der Waals surface area contributed by atoms with Gasteiger partial charge in [0, 0.05) is 0 Å². The number of nitrogens with two attached hydrogens (primary N) is 1. The van der Waals surface area contributed by atoms with Crippen LogP contribution in [0, 0.1) is 5.92 Å². The van der Waals surface area contributed by atoms with Crippen LogP contribution in [-0.2, 0) is 0 Å². The van der Waals surface area contributed by atoms with Crippen molar-refractivity contribution in [2.45, 2.75) is 51.2 Å². The highest BCUT2D eigenvalue weighted by Gasteiger charge is 2.22. The summed E-state index contributed by atoms with van der Waals surface area (Å²) >= 11 is 0. The molecular weight excluding hydrogens is 174 g/mol. The van der Waals surface area contributed by atoms with Crippen molar-refractivity contribution in [3.8, 4) is 0 Å². The van der Waals surface area contributed by atoms with Crippen LogP contribution in [0.15, 0.2) is 0 Å². The van der Waals surface area contributed by atoms with Crippen LogP contribution in [0.25, 0.3) is 0 Å². The molecule has 1 saturated carbocycles. The lowest BCUT2D eigenvalue weighted by Crippen LogP contribution is -2.38. The molecule has 0 amide bonds. The Hall–Kier alpha value is 0.210. The Morgan fingerprint density at radius 1 is 1.33 bits per heavy atom. The maximum absolute atomic E-state index is 9.35. The molecule has 1 atom stereocenters. The molecule has 0 spiro atoms. The number of aliphatic hydroxyl groups is 1. The van der Waals surface area contributed by atoms with Gasteiger partial charge in [-0.05, 0) is 19.3 Å². The number of hydrogen-bond acceptors (Lipinski definition) is 2. The molecular formula is C9H20ClNO. The first-order chi connectivity index (χ1) is 5.08. The first kappa shape index (κ1) is 12.2. The second-order valence-corrected chi connectivity index (χ2v) is 4.07. The molecule has 1 aliphatic rings. The standard InChI is InChI=1S/C9H19NO.ClH/c1-9(10,11)7-8-5-3-2-4-6-8;/h8,11H,2-7,10H2,1H3;1H/t9-;/m0./s1. The van der Waals surface area contributed by atoms with Crippen LogP contribution >= 0.6 is 12.4 Å². The first-order valence-corrected chi connectivity index (χ1v) is 4.59. The van der Waals surface area contributed by atoms with E-state index < -0.39 is 5.72 Å². The molecule has 2 nitrogen and oxygen atoms in total. The molecule has 1 fully saturated rings. The maximum atomic E-state index is 9.35. The fourth-order valence-electron chi connectivity index (χ4n) is 1.98. The number of rotatable bonds is 2. The number of hydrogen-bond donors (Lipinski definition) is 2. The van der Waals surface area contributed by atoms with Crippen molar-refractivity contribution in [3.63, 3.8) is 0 Å². The van der Waals surface area contributed by atoms with E-state index in [1.807, 2.05) is 0 Å². The van der Waals surface area contributed by atoms with E-state index in [-0.39, 0.29) is 12.4 Å². The highest BCUT2D eigenvalue weighted by Crippen LogP contribution is 2.28. The predicted octanol–water partition coefficient (Wildman–Crippen LogP) is 2.05. The smallest absolute Gasteiger partial charge is 0.110 e. The van der Waals surface area contributed by atoms with E-state index in [0.717, 1.165) is 6.42 Å². The van der Waals surface area contributed by atoms with Gasteiger partial charge in [0.05, 0.1) is 0 Å². The van der Waals surface area contributed by atoms with Crippen LogP contribution < -0.4 is 5.73 Å². The first-order valence-electron chi connectivity index (χ1n) is 4.59. The average Bonchev–Trinajstić information content (AvgIpc) is 1.85. The van der Waals surface area contributed by atoms with Crippen LogP contribution in [0.3, 0.4) is 0 Å². The summed E-state index contributed by atoms with van der Waals surface area (Å²) in [5.41, 5.74) is 4.58. The summed E-state index contributed by atoms with van der Waals surface area (Å²) in [6.07, 6.45) is 7.29. The van der Waals surface area contributed by atoms with E-state index in [1.165, 1.54) is 32.1 Å². The molecule has 12 heavy (non-hydrogen) atoms. The van der Waals surface area contributed by atoms with E-state index in [4.69, 9.17) is 5.73 Å². The van der Waals surface area contributed by atoms with E-state index in [2.05, 4.69) is 0 Å². The minimum Gasteiger partial charge on any atom is -0.376 e. The summed E-state index contributed by atoms with van der Waals surface area (Å²) in [5.74, 6) is 0.670. The Morgan fingerprint density at radius 2 is 1.83 bits per heavy atom. The van der Waals surface area contributed by atoms with Gasteiger partial charge in [-0.3, -0.25) is 0 Å². The molecule has 0 aromatic heterocycles. The molecule has 0 bridgehead atoms. The Labute approximate surface area is 80.9 Å². The summed E-state index contributed by atoms with van der Waals surface area (Å²) in [5, 5.41) is 9.35. The van der Waals surface area contributed by atoms with Crippen molar-refractivity contribution in [1.29, 1.82) is 0 Å². The topological polar surface area (TPSA) is 46.2 Å². The van der Waals surface area contributed by atoms with E-state index in [9.17, 15) is 5.11 Å². The highest BCUT2D eigenvalue weighted by atomic mass is 35.5. The van der Waals surface area contributed by atoms with E-state index in [0.29, 0.717) is 5.92 Å². The van der Waals surface area contributed by atoms with Crippen molar-refractivity contribution < 1.29 is 5.11 Å². The van der Waals surface area contributed by atoms with Crippen molar-refractivity contribution in [3.05, 3.63) is 0 Å². The molecule has 0 aliphatic heterocycles. The molecule has 1 rings (SSSR count). The Bertz CT molecular complexity index is 116. The minimum atomic E-state index is -0.942. The highest BCUT2D eigenvalue weighted by molar-refractivity contribution is 5.85. The van der Waals surface area contributed by atoms with Crippen molar-refractivity contribution in [1.82, 2.24) is 0 Å². The Morgan fingerprint density at radius 3 is 2.25 bits per heavy atom. The van der Waals surface area contributed by atoms with Crippen molar-refractivity contribution >= 4 is 12.4 Å². The zero-order valence-corrected chi connectivity index (χ0v) is 8.57. The third-order valence-corrected chi connectivity index (χ3v) is 2.43. The second kappa shape index (κ2) is 5.05. The normalized spacial score (nSPS) is 24.2. The Kier molecular flexibility index (Phi) is 5.14. The summed E-state index contributed by atoms with van der Waals surface area (Å²) in [7, 11) is 0. The van der Waals surface area contributed by atoms with Gasteiger partial charge in [0.2, 0.25) is 0 Å². The largest absolute Gasteiger partial charge is 0.376 e. The lowest BCUT2D eigenvalue weighted by atomic mass is 9.84. The van der Waals surface area contributed by atoms with Gasteiger partial charge in [0.15, 0.2) is 0 Å². The van der Waals surface area contributed by atoms with Gasteiger partial charge < -0.3 is 10.8 Å². The molecule has 0 saturated heterocycles. The lowest BCUT2D eigenvalue weighted by molar-refractivity contribution is 0.0338. The SMILES string of the molecule is C[C@](N)(O)CC1CCCCC1.Cl. The van der Waals surface area contributed by atoms with Crippen LogP contribution in [0.5, 0.6) is 0 Å². The maximum Gasteiger partial charge on any atom is 0.110 e. The van der Waals surface area contributed by atoms with Crippen LogP contribution in [-0.4, -0.2) is 10.8 Å². The summed E-state index contributed by atoms with van der Waals surface area (Å²) in [6, 6.07) is 0. The van der Waals surface area contributed by atoms with Crippen molar-refractivity contribution in [2.24, 2.45) is 11.7 Å². The van der Waals surface area contributed by atoms with Gasteiger partial charge >= 0.3 is 0 Å². The second-order valence-electron chi connectivity index (χ2n) is 4.07. The summed E-state index contributed by atoms with van der Waals surface area (Å²) in [4.78, 5) is 0. The molecule has 1 aliphatic carbocycles. The summed E-state index contributed by atoms with van der Waals surface area (Å²) < 4.78 is 0. The molecule has 3 heteroatoms. The molecule has 0 aromatic carbocycles. The van der Waals surface area contributed by atoms with E-state index >= 15 is 0 Å². The van der Waals surface area contributed by atoms with Gasteiger partial charge in [-0.2, -0.15) is 0 Å². The molecule has 74 valence electrons. The zero-order valence-electron chi connectivity index (χ0n) is 7.75. The van der Waals surface area contributed by atoms with Crippen LogP contribution in [0.2, 0.25) is 0 Å². The molecule has 0 heterocycles.